The summed E-state index contributed by atoms with van der Waals surface area (Å²) in [5.41, 5.74) is 1.44. The maximum absolute atomic E-state index is 12.6. The Morgan fingerprint density at radius 1 is 1.13 bits per heavy atom. The number of nitrogens with zero attached hydrogens (tertiary/aromatic N) is 4. The van der Waals surface area contributed by atoms with E-state index in [0.717, 1.165) is 18.4 Å². The predicted molar refractivity (Wildman–Crippen MR) is 109 cm³/mol. The molecule has 3 aromatic rings. The molecule has 0 saturated carbocycles. The fraction of sp³-hybridized carbons (Fsp3) is 0.333. The summed E-state index contributed by atoms with van der Waals surface area (Å²) < 4.78 is 28.4. The van der Waals surface area contributed by atoms with Gasteiger partial charge in [0.25, 0.3) is 5.89 Å². The molecular weight excluding hydrogens is 404 g/mol. The molecule has 1 aliphatic heterocycles. The molecule has 1 aliphatic rings. The van der Waals surface area contributed by atoms with Crippen molar-refractivity contribution in [3.05, 3.63) is 60.0 Å². The summed E-state index contributed by atoms with van der Waals surface area (Å²) in [6, 6.07) is 12.0. The molecule has 0 aliphatic carbocycles. The van der Waals surface area contributed by atoms with Gasteiger partial charge < -0.3 is 9.42 Å². The Hall–Kier alpha value is -3.07. The molecule has 0 spiro atoms. The zero-order valence-electron chi connectivity index (χ0n) is 16.6. The minimum absolute atomic E-state index is 0.0304. The van der Waals surface area contributed by atoms with E-state index in [9.17, 15) is 13.2 Å². The number of sulfone groups is 1. The van der Waals surface area contributed by atoms with Crippen LogP contribution in [0.4, 0.5) is 0 Å². The van der Waals surface area contributed by atoms with Crippen molar-refractivity contribution >= 4 is 15.7 Å². The van der Waals surface area contributed by atoms with E-state index in [0.29, 0.717) is 30.5 Å². The van der Waals surface area contributed by atoms with E-state index in [4.69, 9.17) is 4.52 Å². The first-order chi connectivity index (χ1) is 14.4. The number of pyridine rings is 1. The lowest BCUT2D eigenvalue weighted by Crippen LogP contribution is -2.39. The third-order valence-corrected chi connectivity index (χ3v) is 6.37. The Kier molecular flexibility index (Phi) is 5.63. The molecule has 8 nitrogen and oxygen atoms in total. The van der Waals surface area contributed by atoms with Gasteiger partial charge in [-0.3, -0.25) is 9.78 Å². The highest BCUT2D eigenvalue weighted by atomic mass is 32.2. The second-order valence-electron chi connectivity index (χ2n) is 7.42. The Morgan fingerprint density at radius 3 is 2.50 bits per heavy atom. The van der Waals surface area contributed by atoms with E-state index in [1.807, 2.05) is 23.1 Å². The summed E-state index contributed by atoms with van der Waals surface area (Å²) >= 11 is 0. The molecule has 0 bridgehead atoms. The largest absolute Gasteiger partial charge is 0.342 e. The molecule has 0 unspecified atom stereocenters. The monoisotopic (exact) mass is 426 g/mol. The van der Waals surface area contributed by atoms with Crippen LogP contribution in [0.15, 0.2) is 58.1 Å². The zero-order valence-corrected chi connectivity index (χ0v) is 17.4. The van der Waals surface area contributed by atoms with Gasteiger partial charge in [-0.2, -0.15) is 4.98 Å². The number of carbonyl (C=O) groups excluding carboxylic acids is 1. The molecule has 0 N–H and O–H groups in total. The Morgan fingerprint density at radius 2 is 1.87 bits per heavy atom. The standard InChI is InChI=1S/C21H22N4O4S/c1-30(27,28)17-7-5-15(6-8-17)14-19(26)25-12-9-16(10-13-25)20-23-21(29-24-20)18-4-2-3-11-22-18/h2-8,11,16H,9-10,12-14H2,1H3. The van der Waals surface area contributed by atoms with Gasteiger partial charge in [0.1, 0.15) is 5.69 Å². The van der Waals surface area contributed by atoms with E-state index in [1.54, 1.807) is 30.5 Å². The van der Waals surface area contributed by atoms with Crippen molar-refractivity contribution in [3.8, 4) is 11.6 Å². The van der Waals surface area contributed by atoms with Crippen molar-refractivity contribution in [3.63, 3.8) is 0 Å². The highest BCUT2D eigenvalue weighted by Gasteiger charge is 2.27. The van der Waals surface area contributed by atoms with Crippen molar-refractivity contribution in [1.29, 1.82) is 0 Å². The van der Waals surface area contributed by atoms with Crippen LogP contribution < -0.4 is 0 Å². The average Bonchev–Trinajstić information content (AvgIpc) is 3.24. The van der Waals surface area contributed by atoms with Crippen LogP contribution in [-0.4, -0.2) is 53.7 Å². The number of piperidine rings is 1. The van der Waals surface area contributed by atoms with Gasteiger partial charge in [-0.25, -0.2) is 8.42 Å². The third kappa shape index (κ3) is 4.56. The number of benzene rings is 1. The van der Waals surface area contributed by atoms with Gasteiger partial charge in [0, 0.05) is 31.5 Å². The third-order valence-electron chi connectivity index (χ3n) is 5.25. The normalized spacial score (nSPS) is 15.3. The zero-order chi connectivity index (χ0) is 21.1. The van der Waals surface area contributed by atoms with Gasteiger partial charge in [0.2, 0.25) is 5.91 Å². The highest BCUT2D eigenvalue weighted by molar-refractivity contribution is 7.90. The van der Waals surface area contributed by atoms with Crippen molar-refractivity contribution in [2.24, 2.45) is 0 Å². The molecule has 1 aromatic carbocycles. The topological polar surface area (TPSA) is 106 Å². The molecule has 1 fully saturated rings. The Labute approximate surface area is 174 Å². The van der Waals surface area contributed by atoms with Crippen LogP contribution in [0.5, 0.6) is 0 Å². The SMILES string of the molecule is CS(=O)(=O)c1ccc(CC(=O)N2CCC(c3noc(-c4ccccn4)n3)CC2)cc1. The quantitative estimate of drug-likeness (QED) is 0.617. The summed E-state index contributed by atoms with van der Waals surface area (Å²) in [7, 11) is -3.24. The van der Waals surface area contributed by atoms with E-state index in [2.05, 4.69) is 15.1 Å². The molecule has 2 aromatic heterocycles. The molecule has 0 radical (unpaired) electrons. The molecule has 30 heavy (non-hydrogen) atoms. The van der Waals surface area contributed by atoms with Gasteiger partial charge in [-0.1, -0.05) is 23.4 Å². The molecule has 0 atom stereocenters. The first kappa shape index (κ1) is 20.2. The number of rotatable bonds is 5. The van der Waals surface area contributed by atoms with E-state index in [1.165, 1.54) is 6.26 Å². The molecule has 156 valence electrons. The lowest BCUT2D eigenvalue weighted by atomic mass is 9.95. The maximum Gasteiger partial charge on any atom is 0.276 e. The molecule has 1 saturated heterocycles. The van der Waals surface area contributed by atoms with Crippen molar-refractivity contribution in [2.45, 2.75) is 30.1 Å². The van der Waals surface area contributed by atoms with Gasteiger partial charge >= 0.3 is 0 Å². The van der Waals surface area contributed by atoms with Gasteiger partial charge in [0.15, 0.2) is 15.7 Å². The maximum atomic E-state index is 12.6. The predicted octanol–water partition coefficient (Wildman–Crippen LogP) is 2.48. The summed E-state index contributed by atoms with van der Waals surface area (Å²) in [6.07, 6.45) is 4.62. The van der Waals surface area contributed by atoms with Crippen LogP contribution >= 0.6 is 0 Å². The fourth-order valence-electron chi connectivity index (χ4n) is 3.52. The van der Waals surface area contributed by atoms with Gasteiger partial charge in [0.05, 0.1) is 11.3 Å². The van der Waals surface area contributed by atoms with E-state index < -0.39 is 9.84 Å². The average molecular weight is 426 g/mol. The van der Waals surface area contributed by atoms with Crippen molar-refractivity contribution < 1.29 is 17.7 Å². The van der Waals surface area contributed by atoms with Crippen LogP contribution in [0.1, 0.15) is 30.1 Å². The minimum atomic E-state index is -3.24. The second-order valence-corrected chi connectivity index (χ2v) is 9.44. The summed E-state index contributed by atoms with van der Waals surface area (Å²) in [5, 5.41) is 4.10. The van der Waals surface area contributed by atoms with E-state index in [-0.39, 0.29) is 23.1 Å². The number of likely N-dealkylation sites (tertiary alicyclic amines) is 1. The van der Waals surface area contributed by atoms with Crippen molar-refractivity contribution in [1.82, 2.24) is 20.0 Å². The number of carbonyl (C=O) groups is 1. The summed E-state index contributed by atoms with van der Waals surface area (Å²) in [6.45, 7) is 1.25. The lowest BCUT2D eigenvalue weighted by Gasteiger charge is -2.30. The molecule has 3 heterocycles. The fourth-order valence-corrected chi connectivity index (χ4v) is 4.15. The Bertz CT molecular complexity index is 1120. The smallest absolute Gasteiger partial charge is 0.276 e. The minimum Gasteiger partial charge on any atom is -0.342 e. The van der Waals surface area contributed by atoms with Crippen LogP contribution in [0.3, 0.4) is 0 Å². The van der Waals surface area contributed by atoms with Crippen LogP contribution in [0.2, 0.25) is 0 Å². The van der Waals surface area contributed by atoms with Gasteiger partial charge in [-0.15, -0.1) is 0 Å². The summed E-state index contributed by atoms with van der Waals surface area (Å²) in [5.74, 6) is 1.23. The molecular formula is C21H22N4O4S. The second kappa shape index (κ2) is 8.35. The lowest BCUT2D eigenvalue weighted by molar-refractivity contribution is -0.131. The summed E-state index contributed by atoms with van der Waals surface area (Å²) in [4.78, 5) is 23.4. The number of hydrogen-bond donors (Lipinski definition) is 0. The molecule has 9 heteroatoms. The Balaban J connectivity index is 1.33. The molecule has 4 rings (SSSR count). The van der Waals surface area contributed by atoms with Crippen LogP contribution in [-0.2, 0) is 21.1 Å². The molecule has 1 amide bonds. The van der Waals surface area contributed by atoms with Crippen LogP contribution in [0, 0.1) is 0 Å². The number of amides is 1. The number of hydrogen-bond acceptors (Lipinski definition) is 7. The van der Waals surface area contributed by atoms with Crippen molar-refractivity contribution in [2.75, 3.05) is 19.3 Å². The van der Waals surface area contributed by atoms with Gasteiger partial charge in [-0.05, 0) is 42.7 Å². The van der Waals surface area contributed by atoms with E-state index >= 15 is 0 Å². The van der Waals surface area contributed by atoms with Crippen LogP contribution in [0.25, 0.3) is 11.6 Å². The first-order valence-corrected chi connectivity index (χ1v) is 11.6. The number of aromatic nitrogens is 3. The first-order valence-electron chi connectivity index (χ1n) is 9.72. The highest BCUT2D eigenvalue weighted by Crippen LogP contribution is 2.28.